The summed E-state index contributed by atoms with van der Waals surface area (Å²) >= 11 is 0. The van der Waals surface area contributed by atoms with E-state index in [1.807, 2.05) is 109 Å². The van der Waals surface area contributed by atoms with Crippen LogP contribution in [0.25, 0.3) is 106 Å². The van der Waals surface area contributed by atoms with Gasteiger partial charge >= 0.3 is 0 Å². The van der Waals surface area contributed by atoms with Crippen molar-refractivity contribution in [3.63, 3.8) is 0 Å². The molecule has 4 nitrogen and oxygen atoms in total. The van der Waals surface area contributed by atoms with Crippen LogP contribution in [0.5, 0.6) is 0 Å². The number of para-hydroxylation sites is 2. The summed E-state index contributed by atoms with van der Waals surface area (Å²) < 4.78 is 24.1. The van der Waals surface area contributed by atoms with Crippen molar-refractivity contribution in [2.45, 2.75) is 19.6 Å². The molecule has 0 amide bonds. The van der Waals surface area contributed by atoms with E-state index in [9.17, 15) is 4.39 Å². The van der Waals surface area contributed by atoms with E-state index in [4.69, 9.17) is 9.40 Å². The van der Waals surface area contributed by atoms with Crippen molar-refractivity contribution in [2.75, 3.05) is 0 Å². The van der Waals surface area contributed by atoms with Gasteiger partial charge in [-0.25, -0.2) is 4.39 Å². The SMILES string of the molecule is C[Si](C)(C)c1ccc(-c2[c-]cccc2)nc1.Fc1ccccc1-c1ccc2c(c1)oc1c(-c3nc4ccccc4n3-c3ccc(-c4ccccc4)cc3-c3ccccc3)[c-]cc(-c3ccccc3)c12.[Ir]. The van der Waals surface area contributed by atoms with Crippen molar-refractivity contribution in [1.29, 1.82) is 0 Å². The fourth-order valence-electron chi connectivity index (χ4n) is 9.07. The van der Waals surface area contributed by atoms with Crippen LogP contribution in [0.4, 0.5) is 4.39 Å². The quantitative estimate of drug-likeness (QED) is 0.112. The van der Waals surface area contributed by atoms with E-state index in [2.05, 4.69) is 138 Å². The smallest absolute Gasteiger partial charge is 0.131 e. The van der Waals surface area contributed by atoms with E-state index < -0.39 is 8.07 Å². The third kappa shape index (κ3) is 8.99. The van der Waals surface area contributed by atoms with Gasteiger partial charge in [0.05, 0.1) is 30.5 Å². The van der Waals surface area contributed by atoms with Crippen LogP contribution < -0.4 is 5.19 Å². The number of fused-ring (bicyclic) bond motifs is 4. The van der Waals surface area contributed by atoms with E-state index in [0.717, 1.165) is 83.3 Å². The molecule has 9 aromatic carbocycles. The summed E-state index contributed by atoms with van der Waals surface area (Å²) in [7, 11) is -1.23. The molecule has 70 heavy (non-hydrogen) atoms. The van der Waals surface area contributed by atoms with Crippen LogP contribution in [0.15, 0.2) is 229 Å². The predicted molar refractivity (Wildman–Crippen MR) is 286 cm³/mol. The second-order valence-electron chi connectivity index (χ2n) is 18.1. The molecule has 0 N–H and O–H groups in total. The Morgan fingerprint density at radius 3 is 1.90 bits per heavy atom. The molecule has 1 radical (unpaired) electrons. The molecule has 0 atom stereocenters. The van der Waals surface area contributed by atoms with Crippen molar-refractivity contribution < 1.29 is 28.9 Å². The topological polar surface area (TPSA) is 43.9 Å². The van der Waals surface area contributed by atoms with Crippen molar-refractivity contribution in [1.82, 2.24) is 14.5 Å². The Morgan fingerprint density at radius 1 is 0.557 bits per heavy atom. The molecule has 7 heteroatoms. The first-order valence-corrected chi connectivity index (χ1v) is 26.7. The van der Waals surface area contributed by atoms with Gasteiger partial charge in [0.25, 0.3) is 0 Å². The Kier molecular flexibility index (Phi) is 12.9. The van der Waals surface area contributed by atoms with Crippen molar-refractivity contribution >= 4 is 46.2 Å². The van der Waals surface area contributed by atoms with Crippen molar-refractivity contribution in [3.8, 4) is 72.8 Å². The van der Waals surface area contributed by atoms with Crippen LogP contribution in [-0.4, -0.2) is 22.6 Å². The molecule has 0 aliphatic heterocycles. The number of hydrogen-bond donors (Lipinski definition) is 0. The summed E-state index contributed by atoms with van der Waals surface area (Å²) in [6, 6.07) is 80.0. The molecule has 12 rings (SSSR count). The van der Waals surface area contributed by atoms with Gasteiger partial charge in [0.1, 0.15) is 11.4 Å². The predicted octanol–water partition coefficient (Wildman–Crippen LogP) is 16.3. The Labute approximate surface area is 422 Å². The summed E-state index contributed by atoms with van der Waals surface area (Å²) in [6.45, 7) is 7.00. The fourth-order valence-corrected chi connectivity index (χ4v) is 10.1. The maximum absolute atomic E-state index is 15.0. The number of benzene rings is 9. The van der Waals surface area contributed by atoms with E-state index >= 15 is 0 Å². The summed E-state index contributed by atoms with van der Waals surface area (Å²) in [5, 5.41) is 3.29. The van der Waals surface area contributed by atoms with Crippen molar-refractivity contribution in [3.05, 3.63) is 243 Å². The molecule has 0 saturated carbocycles. The number of aromatic nitrogens is 3. The molecule has 0 fully saturated rings. The van der Waals surface area contributed by atoms with Gasteiger partial charge in [-0.3, -0.25) is 4.98 Å². The fraction of sp³-hybridized carbons (Fsp3) is 0.0476. The van der Waals surface area contributed by atoms with Crippen LogP contribution in [-0.2, 0) is 20.1 Å². The molecule has 0 saturated heterocycles. The van der Waals surface area contributed by atoms with E-state index in [1.165, 1.54) is 11.3 Å². The van der Waals surface area contributed by atoms with Gasteiger partial charge in [0, 0.05) is 48.5 Å². The molecule has 12 aromatic rings. The number of pyridine rings is 1. The zero-order chi connectivity index (χ0) is 46.9. The maximum Gasteiger partial charge on any atom is 0.131 e. The average Bonchev–Trinajstić information content (AvgIpc) is 3.98. The molecule has 3 heterocycles. The van der Waals surface area contributed by atoms with Crippen LogP contribution >= 0.6 is 0 Å². The van der Waals surface area contributed by atoms with Gasteiger partial charge in [0.15, 0.2) is 0 Å². The van der Waals surface area contributed by atoms with Gasteiger partial charge in [0.2, 0.25) is 0 Å². The number of nitrogens with zero attached hydrogens (tertiary/aromatic N) is 3. The molecule has 0 unspecified atom stereocenters. The first-order valence-electron chi connectivity index (χ1n) is 23.2. The third-order valence-corrected chi connectivity index (χ3v) is 14.7. The number of furan rings is 1. The average molecular weight is 1100 g/mol. The Bertz CT molecular complexity index is 3760. The van der Waals surface area contributed by atoms with Gasteiger partial charge in [-0.05, 0) is 74.9 Å². The number of rotatable bonds is 8. The van der Waals surface area contributed by atoms with Gasteiger partial charge in [-0.1, -0.05) is 188 Å². The van der Waals surface area contributed by atoms with E-state index in [1.54, 1.807) is 12.1 Å². The van der Waals surface area contributed by atoms with Crippen LogP contribution in [0.1, 0.15) is 0 Å². The molecular weight excluding hydrogens is 1050 g/mol. The summed E-state index contributed by atoms with van der Waals surface area (Å²) in [5.41, 5.74) is 14.7. The second-order valence-corrected chi connectivity index (χ2v) is 23.2. The summed E-state index contributed by atoms with van der Waals surface area (Å²) in [4.78, 5) is 9.82. The Balaban J connectivity index is 0.000000285. The Hall–Kier alpha value is -7.80. The molecule has 0 aliphatic carbocycles. The van der Waals surface area contributed by atoms with E-state index in [0.29, 0.717) is 22.6 Å². The van der Waals surface area contributed by atoms with Gasteiger partial charge in [-0.15, -0.1) is 48.0 Å². The molecule has 0 aliphatic rings. The zero-order valence-corrected chi connectivity index (χ0v) is 42.2. The molecule has 0 bridgehead atoms. The monoisotopic (exact) mass is 1100 g/mol. The molecule has 0 spiro atoms. The maximum atomic E-state index is 15.0. The van der Waals surface area contributed by atoms with Crippen LogP contribution in [0.2, 0.25) is 19.6 Å². The second kappa shape index (κ2) is 19.7. The van der Waals surface area contributed by atoms with Gasteiger partial charge < -0.3 is 14.0 Å². The standard InChI is InChI=1S/C49H30FN2O.C14H16NSi.Ir/c50-42-21-11-10-20-37(42)36-24-26-39-46(31-36)53-48-40(28-27-38(47(39)48)33-16-6-2-7-17-33)49-51-43-22-12-13-23-45(43)52(49)44-29-25-35(32-14-4-1-5-15-32)30-41(44)34-18-8-3-9-19-34;1-16(2,3)13-9-10-14(15-11-13)12-7-5-4-6-8-12;/h1-27,29-31H;4-7,9-11H,1-3H3;/q2*-1;. The van der Waals surface area contributed by atoms with Gasteiger partial charge in [-0.2, -0.15) is 0 Å². The molecular formula is C63H46FIrN3OSi-2. The minimum Gasteiger partial charge on any atom is -0.500 e. The summed E-state index contributed by atoms with van der Waals surface area (Å²) in [5.74, 6) is 0.442. The Morgan fingerprint density at radius 2 is 1.21 bits per heavy atom. The van der Waals surface area contributed by atoms with Crippen LogP contribution in [0.3, 0.4) is 0 Å². The summed E-state index contributed by atoms with van der Waals surface area (Å²) in [6.07, 6.45) is 2.02. The number of hydrogen-bond acceptors (Lipinski definition) is 3. The first kappa shape index (κ1) is 46.0. The first-order chi connectivity index (χ1) is 33.8. The normalized spacial score (nSPS) is 11.3. The van der Waals surface area contributed by atoms with E-state index in [-0.39, 0.29) is 25.9 Å². The minimum absolute atomic E-state index is 0. The number of imidazole rings is 1. The largest absolute Gasteiger partial charge is 0.500 e. The van der Waals surface area contributed by atoms with Crippen LogP contribution in [0, 0.1) is 17.9 Å². The zero-order valence-electron chi connectivity index (χ0n) is 38.8. The molecule has 3 aromatic heterocycles. The molecule has 341 valence electrons. The minimum atomic E-state index is -1.23. The number of halogens is 1. The van der Waals surface area contributed by atoms with Crippen molar-refractivity contribution in [2.24, 2.45) is 0 Å². The third-order valence-electron chi connectivity index (χ3n) is 12.6.